The number of hydrogen-bond acceptors (Lipinski definition) is 2. The Morgan fingerprint density at radius 2 is 2.15 bits per heavy atom. The van der Waals surface area contributed by atoms with E-state index in [1.807, 2.05) is 0 Å². The van der Waals surface area contributed by atoms with Gasteiger partial charge in [0.05, 0.1) is 0 Å². The van der Waals surface area contributed by atoms with Crippen molar-refractivity contribution in [3.05, 3.63) is 35.4 Å². The van der Waals surface area contributed by atoms with Crippen LogP contribution in [0.5, 0.6) is 0 Å². The molecule has 0 aromatic heterocycles. The molecule has 2 rings (SSSR count). The highest BCUT2D eigenvalue weighted by Crippen LogP contribution is 2.14. The van der Waals surface area contributed by atoms with Crippen LogP contribution in [0.25, 0.3) is 0 Å². The molecule has 1 aliphatic heterocycles. The van der Waals surface area contributed by atoms with E-state index in [0.29, 0.717) is 17.9 Å². The number of nitrogens with one attached hydrogen (secondary N) is 2. The Labute approximate surface area is 123 Å². The third-order valence-electron chi connectivity index (χ3n) is 3.42. The van der Waals surface area contributed by atoms with Gasteiger partial charge in [-0.15, -0.1) is 12.4 Å². The van der Waals surface area contributed by atoms with Gasteiger partial charge in [-0.2, -0.15) is 0 Å². The summed E-state index contributed by atoms with van der Waals surface area (Å²) in [6.07, 6.45) is 2.48. The van der Waals surface area contributed by atoms with Crippen molar-refractivity contribution in [2.45, 2.75) is 25.8 Å². The molecule has 1 amide bonds. The second-order valence-corrected chi connectivity index (χ2v) is 4.92. The molecular formula is C14H19ClF2N2O. The van der Waals surface area contributed by atoms with Crippen molar-refractivity contribution in [1.82, 2.24) is 10.6 Å². The molecule has 1 aromatic carbocycles. The van der Waals surface area contributed by atoms with Crippen LogP contribution in [0.4, 0.5) is 8.78 Å². The molecule has 1 fully saturated rings. The lowest BCUT2D eigenvalue weighted by atomic mass is 10.0. The van der Waals surface area contributed by atoms with Crippen molar-refractivity contribution < 1.29 is 13.6 Å². The fourth-order valence-electron chi connectivity index (χ4n) is 2.23. The molecule has 1 unspecified atom stereocenters. The Bertz CT molecular complexity index is 451. The molecule has 0 spiro atoms. The lowest BCUT2D eigenvalue weighted by Gasteiger charge is -2.09. The van der Waals surface area contributed by atoms with Crippen LogP contribution in [0.3, 0.4) is 0 Å². The number of carbonyl (C=O) groups excluding carboxylic acids is 1. The Balaban J connectivity index is 0.00000200. The molecule has 2 N–H and O–H groups in total. The van der Waals surface area contributed by atoms with Gasteiger partial charge in [-0.3, -0.25) is 4.79 Å². The summed E-state index contributed by atoms with van der Waals surface area (Å²) >= 11 is 0. The monoisotopic (exact) mass is 304 g/mol. The first-order valence-electron chi connectivity index (χ1n) is 6.56. The van der Waals surface area contributed by atoms with Gasteiger partial charge in [0.1, 0.15) is 0 Å². The maximum absolute atomic E-state index is 13.0. The lowest BCUT2D eigenvalue weighted by Crippen LogP contribution is -2.23. The highest BCUT2D eigenvalue weighted by molar-refractivity contribution is 5.85. The Morgan fingerprint density at radius 3 is 2.80 bits per heavy atom. The van der Waals surface area contributed by atoms with E-state index in [2.05, 4.69) is 10.6 Å². The van der Waals surface area contributed by atoms with Gasteiger partial charge in [-0.05, 0) is 49.5 Å². The third kappa shape index (κ3) is 5.06. The Kier molecular flexibility index (Phi) is 6.88. The SMILES string of the molecule is Cl.O=C(CCC1CCNC1)NCc1ccc(F)c(F)c1. The smallest absolute Gasteiger partial charge is 0.220 e. The second kappa shape index (κ2) is 8.17. The van der Waals surface area contributed by atoms with Gasteiger partial charge in [0, 0.05) is 13.0 Å². The quantitative estimate of drug-likeness (QED) is 0.877. The number of carbonyl (C=O) groups is 1. The van der Waals surface area contributed by atoms with Crippen LogP contribution in [-0.2, 0) is 11.3 Å². The van der Waals surface area contributed by atoms with E-state index in [1.54, 1.807) is 0 Å². The van der Waals surface area contributed by atoms with Crippen LogP contribution in [0.15, 0.2) is 18.2 Å². The maximum atomic E-state index is 13.0. The van der Waals surface area contributed by atoms with E-state index < -0.39 is 11.6 Å². The average Bonchev–Trinajstić information content (AvgIpc) is 2.91. The van der Waals surface area contributed by atoms with Crippen molar-refractivity contribution in [2.24, 2.45) is 5.92 Å². The van der Waals surface area contributed by atoms with Crippen molar-refractivity contribution in [1.29, 1.82) is 0 Å². The summed E-state index contributed by atoms with van der Waals surface area (Å²) in [6.45, 7) is 2.25. The lowest BCUT2D eigenvalue weighted by molar-refractivity contribution is -0.121. The zero-order chi connectivity index (χ0) is 13.7. The summed E-state index contributed by atoms with van der Waals surface area (Å²) in [6, 6.07) is 3.65. The van der Waals surface area contributed by atoms with Gasteiger partial charge in [-0.25, -0.2) is 8.78 Å². The van der Waals surface area contributed by atoms with Crippen molar-refractivity contribution in [3.8, 4) is 0 Å². The van der Waals surface area contributed by atoms with E-state index in [-0.39, 0.29) is 24.9 Å². The molecular weight excluding hydrogens is 286 g/mol. The minimum absolute atomic E-state index is 0. The van der Waals surface area contributed by atoms with E-state index in [9.17, 15) is 13.6 Å². The normalized spacial score (nSPS) is 17.6. The van der Waals surface area contributed by atoms with E-state index >= 15 is 0 Å². The number of rotatable bonds is 5. The molecule has 0 aliphatic carbocycles. The Hall–Kier alpha value is -1.20. The van der Waals surface area contributed by atoms with Crippen molar-refractivity contribution >= 4 is 18.3 Å². The highest BCUT2D eigenvalue weighted by atomic mass is 35.5. The summed E-state index contributed by atoms with van der Waals surface area (Å²) in [4.78, 5) is 11.6. The molecule has 1 aromatic rings. The molecule has 1 atom stereocenters. The van der Waals surface area contributed by atoms with Crippen LogP contribution in [0.1, 0.15) is 24.8 Å². The number of hydrogen-bond donors (Lipinski definition) is 2. The predicted octanol–water partition coefficient (Wildman–Crippen LogP) is 2.39. The van der Waals surface area contributed by atoms with Gasteiger partial charge in [0.2, 0.25) is 5.91 Å². The summed E-state index contributed by atoms with van der Waals surface area (Å²) in [5.41, 5.74) is 0.565. The minimum atomic E-state index is -0.885. The molecule has 3 nitrogen and oxygen atoms in total. The molecule has 1 aliphatic rings. The predicted molar refractivity (Wildman–Crippen MR) is 75.7 cm³/mol. The summed E-state index contributed by atoms with van der Waals surface area (Å²) in [5, 5.41) is 5.98. The third-order valence-corrected chi connectivity index (χ3v) is 3.42. The zero-order valence-corrected chi connectivity index (χ0v) is 11.9. The number of benzene rings is 1. The molecule has 1 saturated heterocycles. The minimum Gasteiger partial charge on any atom is -0.352 e. The van der Waals surface area contributed by atoms with E-state index in [4.69, 9.17) is 0 Å². The van der Waals surface area contributed by atoms with Gasteiger partial charge in [0.15, 0.2) is 11.6 Å². The van der Waals surface area contributed by atoms with E-state index in [1.165, 1.54) is 6.07 Å². The summed E-state index contributed by atoms with van der Waals surface area (Å²) in [7, 11) is 0. The van der Waals surface area contributed by atoms with Crippen LogP contribution in [0, 0.1) is 17.6 Å². The molecule has 112 valence electrons. The van der Waals surface area contributed by atoms with Crippen LogP contribution in [0.2, 0.25) is 0 Å². The first kappa shape index (κ1) is 16.9. The molecule has 1 heterocycles. The van der Waals surface area contributed by atoms with Crippen molar-refractivity contribution in [3.63, 3.8) is 0 Å². The average molecular weight is 305 g/mol. The summed E-state index contributed by atoms with van der Waals surface area (Å²) < 4.78 is 25.7. The van der Waals surface area contributed by atoms with Gasteiger partial charge < -0.3 is 10.6 Å². The number of halogens is 3. The fourth-order valence-corrected chi connectivity index (χ4v) is 2.23. The topological polar surface area (TPSA) is 41.1 Å². The number of amides is 1. The fraction of sp³-hybridized carbons (Fsp3) is 0.500. The summed E-state index contributed by atoms with van der Waals surface area (Å²) in [5.74, 6) is -1.22. The van der Waals surface area contributed by atoms with Gasteiger partial charge in [0.25, 0.3) is 0 Å². The highest BCUT2D eigenvalue weighted by Gasteiger charge is 2.15. The molecule has 6 heteroatoms. The van der Waals surface area contributed by atoms with Gasteiger partial charge in [-0.1, -0.05) is 6.07 Å². The first-order valence-corrected chi connectivity index (χ1v) is 6.56. The zero-order valence-electron chi connectivity index (χ0n) is 11.1. The van der Waals surface area contributed by atoms with Crippen LogP contribution < -0.4 is 10.6 Å². The van der Waals surface area contributed by atoms with E-state index in [0.717, 1.165) is 38.1 Å². The molecule has 0 radical (unpaired) electrons. The molecule has 0 bridgehead atoms. The standard InChI is InChI=1S/C14H18F2N2O.ClH/c15-12-3-1-11(7-13(12)16)9-18-14(19)4-2-10-5-6-17-8-10;/h1,3,7,10,17H,2,4-6,8-9H2,(H,18,19);1H. The maximum Gasteiger partial charge on any atom is 0.220 e. The first-order chi connectivity index (χ1) is 9.15. The van der Waals surface area contributed by atoms with Crippen LogP contribution >= 0.6 is 12.4 Å². The van der Waals surface area contributed by atoms with Crippen molar-refractivity contribution in [2.75, 3.05) is 13.1 Å². The second-order valence-electron chi connectivity index (χ2n) is 4.92. The van der Waals surface area contributed by atoms with Gasteiger partial charge >= 0.3 is 0 Å². The molecule has 20 heavy (non-hydrogen) atoms. The van der Waals surface area contributed by atoms with Crippen LogP contribution in [-0.4, -0.2) is 19.0 Å². The largest absolute Gasteiger partial charge is 0.352 e. The Morgan fingerprint density at radius 1 is 1.35 bits per heavy atom. The molecule has 0 saturated carbocycles.